The van der Waals surface area contributed by atoms with Gasteiger partial charge in [-0.25, -0.2) is 0 Å². The molecule has 4 unspecified atom stereocenters. The van der Waals surface area contributed by atoms with Crippen LogP contribution < -0.4 is 9.61 Å². The minimum Gasteiger partial charge on any atom is -0.489 e. The summed E-state index contributed by atoms with van der Waals surface area (Å²) >= 11 is 3.07. The predicted molar refractivity (Wildman–Crippen MR) is 129 cm³/mol. The fourth-order valence-corrected chi connectivity index (χ4v) is 9.07. The lowest BCUT2D eigenvalue weighted by Crippen LogP contribution is -2.33. The molecule has 0 amide bonds. The Hall–Kier alpha value is -2.58. The van der Waals surface area contributed by atoms with Crippen molar-refractivity contribution in [1.29, 1.82) is 0 Å². The van der Waals surface area contributed by atoms with Crippen molar-refractivity contribution in [3.05, 3.63) is 83.8 Å². The molecule has 170 valence electrons. The van der Waals surface area contributed by atoms with Crippen molar-refractivity contribution < 1.29 is 9.66 Å². The number of nitrogens with one attached hydrogen (secondary N) is 1. The molecule has 2 saturated carbocycles. The first-order valence-electron chi connectivity index (χ1n) is 11.3. The Balaban J connectivity index is 1.45. The maximum Gasteiger partial charge on any atom is 0.305 e. The number of aryl methyl sites for hydroxylation is 1. The van der Waals surface area contributed by atoms with Crippen LogP contribution in [-0.4, -0.2) is 15.2 Å². The van der Waals surface area contributed by atoms with Gasteiger partial charge in [0.05, 0.1) is 9.95 Å². The van der Waals surface area contributed by atoms with Gasteiger partial charge < -0.3 is 9.72 Å². The number of thiazole rings is 1. The van der Waals surface area contributed by atoms with Crippen LogP contribution in [-0.2, 0) is 6.61 Å². The highest BCUT2D eigenvalue weighted by Gasteiger charge is 2.55. The molecule has 3 aliphatic rings. The molecular weight excluding hydrogens is 456 g/mol. The number of aromatic nitrogens is 1. The minimum atomic E-state index is -0.343. The van der Waals surface area contributed by atoms with Gasteiger partial charge in [-0.15, -0.1) is 11.8 Å². The van der Waals surface area contributed by atoms with Gasteiger partial charge in [-0.1, -0.05) is 41.2 Å². The third-order valence-electron chi connectivity index (χ3n) is 7.48. The highest BCUT2D eigenvalue weighted by Crippen LogP contribution is 2.64. The standard InChI is InChI=1S/C25H24N2O4S2/c1-13-3-2-4-14(9-13)12-31-19-8-7-17(27(29)30)11-18(19)21-20-15-5-6-16(10-15)22(20)32-24-23(21)33-25(28)26-24/h2-4,7-9,11,15-16,20-22H,5-6,10,12H2,1H3,(H,26,28)/t15?,16?,20?,21-,22?/m1/s1. The Labute approximate surface area is 199 Å². The molecule has 2 fully saturated rings. The van der Waals surface area contributed by atoms with Gasteiger partial charge in [0.2, 0.25) is 0 Å². The molecule has 3 aromatic rings. The fourth-order valence-electron chi connectivity index (χ4n) is 6.18. The number of rotatable bonds is 5. The highest BCUT2D eigenvalue weighted by atomic mass is 32.2. The smallest absolute Gasteiger partial charge is 0.305 e. The molecule has 8 heteroatoms. The summed E-state index contributed by atoms with van der Waals surface area (Å²) in [6.07, 6.45) is 3.65. The van der Waals surface area contributed by atoms with E-state index in [-0.39, 0.29) is 21.4 Å². The predicted octanol–water partition coefficient (Wildman–Crippen LogP) is 5.88. The van der Waals surface area contributed by atoms with E-state index in [1.54, 1.807) is 12.1 Å². The third-order valence-corrected chi connectivity index (χ3v) is 10.1. The SMILES string of the molecule is Cc1cccc(COc2ccc([N+](=O)[O-])cc2[C@H]2c3sc(=O)[nH]c3SC3C4CCC(C4)C32)c1. The summed E-state index contributed by atoms with van der Waals surface area (Å²) in [5.74, 6) is 2.23. The number of nitro benzene ring substituents is 1. The van der Waals surface area contributed by atoms with Crippen molar-refractivity contribution in [2.45, 2.75) is 49.0 Å². The summed E-state index contributed by atoms with van der Waals surface area (Å²) in [4.78, 5) is 27.7. The Bertz CT molecular complexity index is 1300. The zero-order chi connectivity index (χ0) is 22.7. The summed E-state index contributed by atoms with van der Waals surface area (Å²) in [6.45, 7) is 2.44. The van der Waals surface area contributed by atoms with Crippen molar-refractivity contribution >= 4 is 28.8 Å². The number of benzene rings is 2. The largest absolute Gasteiger partial charge is 0.489 e. The fraction of sp³-hybridized carbons (Fsp3) is 0.400. The molecule has 1 aromatic heterocycles. The lowest BCUT2D eigenvalue weighted by molar-refractivity contribution is -0.385. The first-order chi connectivity index (χ1) is 16.0. The lowest BCUT2D eigenvalue weighted by atomic mass is 9.74. The molecule has 0 spiro atoms. The number of nitro groups is 1. The molecule has 1 N–H and O–H groups in total. The van der Waals surface area contributed by atoms with Gasteiger partial charge in [0.25, 0.3) is 5.69 Å². The summed E-state index contributed by atoms with van der Waals surface area (Å²) in [7, 11) is 0. The Morgan fingerprint density at radius 2 is 2.03 bits per heavy atom. The highest BCUT2D eigenvalue weighted by molar-refractivity contribution is 8.00. The van der Waals surface area contributed by atoms with E-state index in [0.717, 1.165) is 26.6 Å². The van der Waals surface area contributed by atoms with E-state index in [4.69, 9.17) is 4.74 Å². The van der Waals surface area contributed by atoms with E-state index in [0.29, 0.717) is 35.4 Å². The van der Waals surface area contributed by atoms with Crippen LogP contribution in [0.4, 0.5) is 5.69 Å². The Kier molecular flexibility index (Phi) is 5.10. The topological polar surface area (TPSA) is 85.2 Å². The Morgan fingerprint density at radius 3 is 2.85 bits per heavy atom. The number of aromatic amines is 1. The second-order valence-corrected chi connectivity index (χ2v) is 11.6. The van der Waals surface area contributed by atoms with Gasteiger partial charge in [0, 0.05) is 33.7 Å². The quantitative estimate of drug-likeness (QED) is 0.364. The van der Waals surface area contributed by atoms with E-state index >= 15 is 0 Å². The van der Waals surface area contributed by atoms with Crippen molar-refractivity contribution in [2.24, 2.45) is 17.8 Å². The Morgan fingerprint density at radius 1 is 1.18 bits per heavy atom. The van der Waals surface area contributed by atoms with Crippen LogP contribution in [0.15, 0.2) is 52.3 Å². The maximum absolute atomic E-state index is 12.3. The van der Waals surface area contributed by atoms with E-state index in [1.807, 2.05) is 36.9 Å². The number of nitrogens with zero attached hydrogens (tertiary/aromatic N) is 1. The summed E-state index contributed by atoms with van der Waals surface area (Å²) in [5.41, 5.74) is 3.13. The van der Waals surface area contributed by atoms with E-state index < -0.39 is 0 Å². The van der Waals surface area contributed by atoms with Crippen molar-refractivity contribution in [2.75, 3.05) is 0 Å². The van der Waals surface area contributed by atoms with Crippen LogP contribution >= 0.6 is 23.1 Å². The third kappa shape index (κ3) is 3.60. The van der Waals surface area contributed by atoms with Crippen molar-refractivity contribution in [1.82, 2.24) is 4.98 Å². The lowest BCUT2D eigenvalue weighted by Gasteiger charge is -2.40. The first kappa shape index (κ1) is 21.0. The second-order valence-electron chi connectivity index (χ2n) is 9.44. The molecule has 2 bridgehead atoms. The summed E-state index contributed by atoms with van der Waals surface area (Å²) in [6, 6.07) is 13.1. The number of hydrogen-bond acceptors (Lipinski definition) is 6. The van der Waals surface area contributed by atoms with Gasteiger partial charge >= 0.3 is 4.87 Å². The first-order valence-corrected chi connectivity index (χ1v) is 13.0. The average Bonchev–Trinajstić information content (AvgIpc) is 3.50. The molecule has 6 nitrogen and oxygen atoms in total. The van der Waals surface area contributed by atoms with Gasteiger partial charge in [-0.05, 0) is 55.6 Å². The maximum atomic E-state index is 12.3. The van der Waals surface area contributed by atoms with Crippen LogP contribution in [0, 0.1) is 34.8 Å². The molecule has 0 saturated heterocycles. The molecule has 33 heavy (non-hydrogen) atoms. The van der Waals surface area contributed by atoms with Crippen LogP contribution in [0.3, 0.4) is 0 Å². The molecule has 2 heterocycles. The molecule has 2 aliphatic carbocycles. The molecular formula is C25H24N2O4S2. The molecule has 5 atom stereocenters. The van der Waals surface area contributed by atoms with Gasteiger partial charge in [-0.2, -0.15) is 0 Å². The van der Waals surface area contributed by atoms with Gasteiger partial charge in [-0.3, -0.25) is 14.9 Å². The number of H-pyrrole nitrogens is 1. The number of thioether (sulfide) groups is 1. The molecule has 1 aliphatic heterocycles. The van der Waals surface area contributed by atoms with E-state index in [1.165, 1.54) is 36.7 Å². The van der Waals surface area contributed by atoms with E-state index in [2.05, 4.69) is 11.1 Å². The molecule has 2 aromatic carbocycles. The number of ether oxygens (including phenoxy) is 1. The summed E-state index contributed by atoms with van der Waals surface area (Å²) < 4.78 is 6.30. The van der Waals surface area contributed by atoms with Crippen LogP contribution in [0.2, 0.25) is 0 Å². The number of fused-ring (bicyclic) bond motifs is 6. The number of hydrogen-bond donors (Lipinski definition) is 1. The average molecular weight is 481 g/mol. The second kappa shape index (κ2) is 8.02. The van der Waals surface area contributed by atoms with Gasteiger partial charge in [0.15, 0.2) is 0 Å². The number of non-ortho nitro benzene ring substituents is 1. The summed E-state index contributed by atoms with van der Waals surface area (Å²) in [5, 5.41) is 13.1. The minimum absolute atomic E-state index is 0.0575. The van der Waals surface area contributed by atoms with Gasteiger partial charge in [0.1, 0.15) is 12.4 Å². The monoisotopic (exact) mass is 480 g/mol. The van der Waals surface area contributed by atoms with Crippen molar-refractivity contribution in [3.8, 4) is 5.75 Å². The van der Waals surface area contributed by atoms with E-state index in [9.17, 15) is 14.9 Å². The van der Waals surface area contributed by atoms with Crippen LogP contribution in [0.1, 0.15) is 46.7 Å². The van der Waals surface area contributed by atoms with Crippen molar-refractivity contribution in [3.63, 3.8) is 0 Å². The molecule has 6 rings (SSSR count). The normalized spacial score (nSPS) is 27.2. The van der Waals surface area contributed by atoms with Crippen LogP contribution in [0.25, 0.3) is 0 Å². The zero-order valence-corrected chi connectivity index (χ0v) is 19.8. The zero-order valence-electron chi connectivity index (χ0n) is 18.2. The molecule has 0 radical (unpaired) electrons. The van der Waals surface area contributed by atoms with Crippen LogP contribution in [0.5, 0.6) is 5.75 Å².